The molecule has 1 aromatic heterocycles. The van der Waals surface area contributed by atoms with Gasteiger partial charge in [-0.1, -0.05) is 12.1 Å². The summed E-state index contributed by atoms with van der Waals surface area (Å²) < 4.78 is 6.70. The minimum absolute atomic E-state index is 0.563. The van der Waals surface area contributed by atoms with Crippen LogP contribution in [0.3, 0.4) is 0 Å². The minimum Gasteiger partial charge on any atom is -0.497 e. The number of aldehydes is 1. The molecule has 0 spiro atoms. The van der Waals surface area contributed by atoms with Crippen LogP contribution < -0.4 is 4.74 Å². The molecule has 1 heterocycles. The van der Waals surface area contributed by atoms with Gasteiger partial charge in [0.05, 0.1) is 13.3 Å². The lowest BCUT2D eigenvalue weighted by Gasteiger charge is -2.03. The first-order valence-corrected chi connectivity index (χ1v) is 4.88. The first-order chi connectivity index (χ1) is 7.76. The van der Waals surface area contributed by atoms with Gasteiger partial charge in [0.1, 0.15) is 11.4 Å². The molecular formula is C12H12N2O2. The highest BCUT2D eigenvalue weighted by Crippen LogP contribution is 2.25. The average molecular weight is 216 g/mol. The molecule has 0 atom stereocenters. The van der Waals surface area contributed by atoms with E-state index in [1.54, 1.807) is 25.0 Å². The Kier molecular flexibility index (Phi) is 2.72. The molecule has 16 heavy (non-hydrogen) atoms. The third kappa shape index (κ3) is 1.69. The van der Waals surface area contributed by atoms with Gasteiger partial charge in [-0.25, -0.2) is 0 Å². The van der Waals surface area contributed by atoms with Gasteiger partial charge < -0.3 is 4.74 Å². The van der Waals surface area contributed by atoms with Crippen LogP contribution in [0.4, 0.5) is 0 Å². The van der Waals surface area contributed by atoms with E-state index in [1.165, 1.54) is 0 Å². The van der Waals surface area contributed by atoms with Crippen LogP contribution in [-0.2, 0) is 7.05 Å². The summed E-state index contributed by atoms with van der Waals surface area (Å²) in [6.07, 6.45) is 2.49. The summed E-state index contributed by atoms with van der Waals surface area (Å²) in [5, 5.41) is 4.06. The van der Waals surface area contributed by atoms with Crippen LogP contribution in [0, 0.1) is 0 Å². The Morgan fingerprint density at radius 3 is 2.94 bits per heavy atom. The molecule has 0 radical (unpaired) electrons. The van der Waals surface area contributed by atoms with Crippen molar-refractivity contribution in [3.05, 3.63) is 36.2 Å². The Labute approximate surface area is 93.5 Å². The maximum Gasteiger partial charge on any atom is 0.168 e. The van der Waals surface area contributed by atoms with Crippen LogP contribution in [0.2, 0.25) is 0 Å². The third-order valence-corrected chi connectivity index (χ3v) is 2.48. The van der Waals surface area contributed by atoms with Gasteiger partial charge in [-0.05, 0) is 17.7 Å². The number of methoxy groups -OCH3 is 1. The van der Waals surface area contributed by atoms with Gasteiger partial charge >= 0.3 is 0 Å². The molecule has 0 unspecified atom stereocenters. The molecule has 0 N–H and O–H groups in total. The molecule has 0 bridgehead atoms. The number of ether oxygens (including phenoxy) is 1. The number of rotatable bonds is 3. The fraction of sp³-hybridized carbons (Fsp3) is 0.167. The van der Waals surface area contributed by atoms with Crippen LogP contribution in [0.1, 0.15) is 10.5 Å². The molecular weight excluding hydrogens is 204 g/mol. The van der Waals surface area contributed by atoms with Gasteiger partial charge in [0.2, 0.25) is 0 Å². The number of carbonyl (C=O) groups excluding carboxylic acids is 1. The van der Waals surface area contributed by atoms with E-state index in [9.17, 15) is 4.79 Å². The number of nitrogens with zero attached hydrogens (tertiary/aromatic N) is 2. The predicted octanol–water partition coefficient (Wildman–Crippen LogP) is 1.91. The molecule has 0 fully saturated rings. The quantitative estimate of drug-likeness (QED) is 0.736. The fourth-order valence-corrected chi connectivity index (χ4v) is 1.60. The summed E-state index contributed by atoms with van der Waals surface area (Å²) in [5.41, 5.74) is 2.30. The Morgan fingerprint density at radius 2 is 2.25 bits per heavy atom. The maximum atomic E-state index is 10.9. The van der Waals surface area contributed by atoms with Gasteiger partial charge in [-0.3, -0.25) is 9.48 Å². The molecule has 2 aromatic rings. The number of hydrogen-bond donors (Lipinski definition) is 0. The van der Waals surface area contributed by atoms with Crippen molar-refractivity contribution >= 4 is 6.29 Å². The van der Waals surface area contributed by atoms with Crippen molar-refractivity contribution in [2.75, 3.05) is 7.11 Å². The van der Waals surface area contributed by atoms with E-state index in [0.717, 1.165) is 23.2 Å². The Hall–Kier alpha value is -2.10. The topological polar surface area (TPSA) is 44.1 Å². The van der Waals surface area contributed by atoms with Crippen molar-refractivity contribution in [3.63, 3.8) is 0 Å². The Morgan fingerprint density at radius 1 is 1.44 bits per heavy atom. The SMILES string of the molecule is COc1cccc(-c2cnn(C)c2C=O)c1. The first kappa shape index (κ1) is 10.4. The monoisotopic (exact) mass is 216 g/mol. The van der Waals surface area contributed by atoms with Crippen molar-refractivity contribution in [1.29, 1.82) is 0 Å². The van der Waals surface area contributed by atoms with Gasteiger partial charge in [0.15, 0.2) is 6.29 Å². The van der Waals surface area contributed by atoms with Crippen molar-refractivity contribution in [2.24, 2.45) is 7.05 Å². The fourth-order valence-electron chi connectivity index (χ4n) is 1.60. The number of hydrogen-bond acceptors (Lipinski definition) is 3. The van der Waals surface area contributed by atoms with Crippen molar-refractivity contribution in [1.82, 2.24) is 9.78 Å². The summed E-state index contributed by atoms with van der Waals surface area (Å²) in [7, 11) is 3.36. The van der Waals surface area contributed by atoms with E-state index in [-0.39, 0.29) is 0 Å². The van der Waals surface area contributed by atoms with E-state index >= 15 is 0 Å². The van der Waals surface area contributed by atoms with Gasteiger partial charge in [0.25, 0.3) is 0 Å². The molecule has 0 saturated carbocycles. The second kappa shape index (κ2) is 4.18. The predicted molar refractivity (Wildman–Crippen MR) is 60.6 cm³/mol. The summed E-state index contributed by atoms with van der Waals surface area (Å²) in [6, 6.07) is 7.55. The smallest absolute Gasteiger partial charge is 0.168 e. The summed E-state index contributed by atoms with van der Waals surface area (Å²) in [5.74, 6) is 0.762. The number of carbonyl (C=O) groups is 1. The van der Waals surface area contributed by atoms with Crippen LogP contribution in [0.5, 0.6) is 5.75 Å². The largest absolute Gasteiger partial charge is 0.497 e. The normalized spacial score (nSPS) is 10.1. The lowest BCUT2D eigenvalue weighted by molar-refractivity contribution is 0.111. The molecule has 0 aliphatic heterocycles. The van der Waals surface area contributed by atoms with E-state index in [0.29, 0.717) is 5.69 Å². The highest BCUT2D eigenvalue weighted by Gasteiger charge is 2.09. The highest BCUT2D eigenvalue weighted by molar-refractivity contribution is 5.85. The zero-order valence-electron chi connectivity index (χ0n) is 9.18. The van der Waals surface area contributed by atoms with Crippen LogP contribution in [0.15, 0.2) is 30.5 Å². The summed E-state index contributed by atoms with van der Waals surface area (Å²) in [6.45, 7) is 0. The molecule has 0 aliphatic rings. The second-order valence-electron chi connectivity index (χ2n) is 3.42. The van der Waals surface area contributed by atoms with Crippen molar-refractivity contribution in [3.8, 4) is 16.9 Å². The molecule has 2 rings (SSSR count). The number of aromatic nitrogens is 2. The Bertz CT molecular complexity index is 517. The van der Waals surface area contributed by atoms with Crippen molar-refractivity contribution in [2.45, 2.75) is 0 Å². The first-order valence-electron chi connectivity index (χ1n) is 4.88. The molecule has 0 saturated heterocycles. The molecule has 4 heteroatoms. The van der Waals surface area contributed by atoms with Crippen LogP contribution in [0.25, 0.3) is 11.1 Å². The number of benzene rings is 1. The Balaban J connectivity index is 2.53. The summed E-state index contributed by atoms with van der Waals surface area (Å²) >= 11 is 0. The standard InChI is InChI=1S/C12H12N2O2/c1-14-12(8-15)11(7-13-14)9-4-3-5-10(6-9)16-2/h3-8H,1-2H3. The molecule has 0 aliphatic carbocycles. The van der Waals surface area contributed by atoms with E-state index in [1.807, 2.05) is 24.3 Å². The summed E-state index contributed by atoms with van der Waals surface area (Å²) in [4.78, 5) is 10.9. The van der Waals surface area contributed by atoms with Gasteiger partial charge in [0, 0.05) is 12.6 Å². The third-order valence-electron chi connectivity index (χ3n) is 2.48. The lowest BCUT2D eigenvalue weighted by atomic mass is 10.1. The van der Waals surface area contributed by atoms with Crippen LogP contribution >= 0.6 is 0 Å². The second-order valence-corrected chi connectivity index (χ2v) is 3.42. The van der Waals surface area contributed by atoms with E-state index in [4.69, 9.17) is 4.74 Å². The van der Waals surface area contributed by atoms with E-state index < -0.39 is 0 Å². The van der Waals surface area contributed by atoms with Crippen molar-refractivity contribution < 1.29 is 9.53 Å². The van der Waals surface area contributed by atoms with Gasteiger partial charge in [-0.2, -0.15) is 5.10 Å². The zero-order chi connectivity index (χ0) is 11.5. The average Bonchev–Trinajstić information content (AvgIpc) is 2.70. The molecule has 0 amide bonds. The maximum absolute atomic E-state index is 10.9. The van der Waals surface area contributed by atoms with E-state index in [2.05, 4.69) is 5.10 Å². The molecule has 82 valence electrons. The molecule has 4 nitrogen and oxygen atoms in total. The number of aryl methyl sites for hydroxylation is 1. The van der Waals surface area contributed by atoms with Gasteiger partial charge in [-0.15, -0.1) is 0 Å². The lowest BCUT2D eigenvalue weighted by Crippen LogP contribution is -1.97. The zero-order valence-corrected chi connectivity index (χ0v) is 9.18. The highest BCUT2D eigenvalue weighted by atomic mass is 16.5. The van der Waals surface area contributed by atoms with Crippen LogP contribution in [-0.4, -0.2) is 23.2 Å². The minimum atomic E-state index is 0.563. The molecule has 1 aromatic carbocycles.